The Morgan fingerprint density at radius 2 is 1.62 bits per heavy atom. The molecule has 2 aliphatic heterocycles. The number of carbonyl (C=O) groups is 1. The second-order valence-corrected chi connectivity index (χ2v) is 7.92. The maximum atomic E-state index is 13.5. The van der Waals surface area contributed by atoms with Gasteiger partial charge in [0.15, 0.2) is 0 Å². The number of para-hydroxylation sites is 1. The van der Waals surface area contributed by atoms with Gasteiger partial charge in [0, 0.05) is 38.5 Å². The lowest BCUT2D eigenvalue weighted by Gasteiger charge is -2.37. The number of rotatable bonds is 5. The van der Waals surface area contributed by atoms with E-state index in [-0.39, 0.29) is 5.91 Å². The first kappa shape index (κ1) is 19.9. The number of hydrogen-bond acceptors (Lipinski definition) is 4. The van der Waals surface area contributed by atoms with Crippen molar-refractivity contribution in [2.75, 3.05) is 44.4 Å². The van der Waals surface area contributed by atoms with Crippen LogP contribution in [0.3, 0.4) is 0 Å². The normalized spacial score (nSPS) is 19.0. The number of carbonyl (C=O) groups excluding carboxylic acids is 1. The van der Waals surface area contributed by atoms with E-state index in [1.807, 2.05) is 18.2 Å². The maximum Gasteiger partial charge on any atom is 0.231 e. The molecule has 5 heteroatoms. The molecular formula is C24H30N2O3. The molecule has 1 amide bonds. The van der Waals surface area contributed by atoms with Crippen LogP contribution in [0.2, 0.25) is 0 Å². The third-order valence-corrected chi connectivity index (χ3v) is 6.22. The molecule has 2 aromatic carbocycles. The Bertz CT molecular complexity index is 840. The van der Waals surface area contributed by atoms with E-state index in [0.717, 1.165) is 50.3 Å². The molecule has 0 spiro atoms. The van der Waals surface area contributed by atoms with Gasteiger partial charge < -0.3 is 19.7 Å². The van der Waals surface area contributed by atoms with Gasteiger partial charge >= 0.3 is 0 Å². The molecule has 154 valence electrons. The molecule has 0 aliphatic carbocycles. The van der Waals surface area contributed by atoms with Crippen molar-refractivity contribution in [3.63, 3.8) is 0 Å². The second-order valence-electron chi connectivity index (χ2n) is 7.92. The summed E-state index contributed by atoms with van der Waals surface area (Å²) in [4.78, 5) is 15.9. The molecule has 2 saturated heterocycles. The highest BCUT2D eigenvalue weighted by Gasteiger charge is 2.42. The highest BCUT2D eigenvalue weighted by molar-refractivity contribution is 5.89. The van der Waals surface area contributed by atoms with Crippen LogP contribution in [0.25, 0.3) is 0 Å². The number of nitrogens with one attached hydrogen (secondary N) is 1. The average molecular weight is 395 g/mol. The standard InChI is InChI=1S/C24H30N2O3/c1-19-6-2-4-8-21(19)24(10-14-28-15-11-24)23(27)25-18-20-7-3-5-9-22(20)26-12-16-29-17-13-26/h2-9H,10-18H2,1H3,(H,25,27). The van der Waals surface area contributed by atoms with E-state index in [4.69, 9.17) is 9.47 Å². The van der Waals surface area contributed by atoms with Crippen molar-refractivity contribution < 1.29 is 14.3 Å². The van der Waals surface area contributed by atoms with Crippen LogP contribution >= 0.6 is 0 Å². The summed E-state index contributed by atoms with van der Waals surface area (Å²) in [6.07, 6.45) is 1.43. The summed E-state index contributed by atoms with van der Waals surface area (Å²) in [5.41, 5.74) is 4.11. The van der Waals surface area contributed by atoms with Crippen molar-refractivity contribution in [3.05, 3.63) is 65.2 Å². The van der Waals surface area contributed by atoms with Gasteiger partial charge in [0.2, 0.25) is 5.91 Å². The Morgan fingerprint density at radius 1 is 0.966 bits per heavy atom. The van der Waals surface area contributed by atoms with Crippen molar-refractivity contribution in [1.82, 2.24) is 5.32 Å². The zero-order chi connectivity index (χ0) is 20.1. The van der Waals surface area contributed by atoms with Gasteiger partial charge in [0.1, 0.15) is 0 Å². The summed E-state index contributed by atoms with van der Waals surface area (Å²) in [7, 11) is 0. The molecule has 0 bridgehead atoms. The van der Waals surface area contributed by atoms with Crippen LogP contribution in [-0.2, 0) is 26.2 Å². The molecule has 0 radical (unpaired) electrons. The van der Waals surface area contributed by atoms with Gasteiger partial charge in [-0.1, -0.05) is 42.5 Å². The number of hydrogen-bond donors (Lipinski definition) is 1. The predicted octanol–water partition coefficient (Wildman–Crippen LogP) is 3.20. The zero-order valence-electron chi connectivity index (χ0n) is 17.2. The van der Waals surface area contributed by atoms with Gasteiger partial charge in [-0.3, -0.25) is 4.79 Å². The number of benzene rings is 2. The highest BCUT2D eigenvalue weighted by atomic mass is 16.5. The molecule has 0 unspecified atom stereocenters. The van der Waals surface area contributed by atoms with Crippen molar-refractivity contribution in [1.29, 1.82) is 0 Å². The minimum absolute atomic E-state index is 0.104. The Balaban J connectivity index is 1.55. The van der Waals surface area contributed by atoms with Crippen LogP contribution in [0.1, 0.15) is 29.5 Å². The van der Waals surface area contributed by atoms with E-state index < -0.39 is 5.41 Å². The first-order valence-corrected chi connectivity index (χ1v) is 10.5. The summed E-state index contributed by atoms with van der Waals surface area (Å²) in [5.74, 6) is 0.104. The molecular weight excluding hydrogens is 364 g/mol. The van der Waals surface area contributed by atoms with Gasteiger partial charge in [-0.2, -0.15) is 0 Å². The third kappa shape index (κ3) is 4.16. The second kappa shape index (κ2) is 8.97. The Hall–Kier alpha value is -2.37. The number of amides is 1. The SMILES string of the molecule is Cc1ccccc1C1(C(=O)NCc2ccccc2N2CCOCC2)CCOCC1. The summed E-state index contributed by atoms with van der Waals surface area (Å²) in [5, 5.41) is 3.26. The summed E-state index contributed by atoms with van der Waals surface area (Å²) < 4.78 is 11.1. The van der Waals surface area contributed by atoms with Crippen LogP contribution in [0.15, 0.2) is 48.5 Å². The van der Waals surface area contributed by atoms with Gasteiger partial charge in [0.25, 0.3) is 0 Å². The van der Waals surface area contributed by atoms with Gasteiger partial charge in [-0.25, -0.2) is 0 Å². The van der Waals surface area contributed by atoms with E-state index in [9.17, 15) is 4.79 Å². The Labute approximate surface area is 173 Å². The Kier molecular flexibility index (Phi) is 6.16. The largest absolute Gasteiger partial charge is 0.381 e. The van der Waals surface area contributed by atoms with Crippen LogP contribution in [-0.4, -0.2) is 45.4 Å². The first-order chi connectivity index (χ1) is 14.2. The minimum Gasteiger partial charge on any atom is -0.381 e. The molecule has 2 fully saturated rings. The number of anilines is 1. The maximum absolute atomic E-state index is 13.5. The van der Waals surface area contributed by atoms with E-state index in [1.165, 1.54) is 11.3 Å². The van der Waals surface area contributed by atoms with Crippen LogP contribution < -0.4 is 10.2 Å². The average Bonchev–Trinajstić information content (AvgIpc) is 2.79. The zero-order valence-corrected chi connectivity index (χ0v) is 17.2. The molecule has 2 aliphatic rings. The smallest absolute Gasteiger partial charge is 0.231 e. The summed E-state index contributed by atoms with van der Waals surface area (Å²) in [6.45, 7) is 7.12. The number of aryl methyl sites for hydroxylation is 1. The fourth-order valence-corrected chi connectivity index (χ4v) is 4.57. The van der Waals surface area contributed by atoms with Crippen LogP contribution in [0.5, 0.6) is 0 Å². The van der Waals surface area contributed by atoms with Crippen molar-refractivity contribution >= 4 is 11.6 Å². The lowest BCUT2D eigenvalue weighted by Crippen LogP contribution is -2.48. The Morgan fingerprint density at radius 3 is 2.38 bits per heavy atom. The molecule has 2 aromatic rings. The fourth-order valence-electron chi connectivity index (χ4n) is 4.57. The van der Waals surface area contributed by atoms with Crippen molar-refractivity contribution in [2.24, 2.45) is 0 Å². The van der Waals surface area contributed by atoms with Crippen LogP contribution in [0.4, 0.5) is 5.69 Å². The van der Waals surface area contributed by atoms with Gasteiger partial charge in [-0.05, 0) is 42.5 Å². The quantitative estimate of drug-likeness (QED) is 0.846. The fraction of sp³-hybridized carbons (Fsp3) is 0.458. The van der Waals surface area contributed by atoms with Gasteiger partial charge in [-0.15, -0.1) is 0 Å². The molecule has 5 nitrogen and oxygen atoms in total. The van der Waals surface area contributed by atoms with Crippen molar-refractivity contribution in [3.8, 4) is 0 Å². The monoisotopic (exact) mass is 394 g/mol. The van der Waals surface area contributed by atoms with Crippen LogP contribution in [0, 0.1) is 6.92 Å². The van der Waals surface area contributed by atoms with E-state index in [1.54, 1.807) is 0 Å². The molecule has 4 rings (SSSR count). The van der Waals surface area contributed by atoms with Gasteiger partial charge in [0.05, 0.1) is 18.6 Å². The molecule has 29 heavy (non-hydrogen) atoms. The lowest BCUT2D eigenvalue weighted by atomic mass is 9.71. The molecule has 1 N–H and O–H groups in total. The van der Waals surface area contributed by atoms with Crippen molar-refractivity contribution in [2.45, 2.75) is 31.7 Å². The first-order valence-electron chi connectivity index (χ1n) is 10.5. The molecule has 2 heterocycles. The molecule has 0 aromatic heterocycles. The number of morpholine rings is 1. The minimum atomic E-state index is -0.516. The summed E-state index contributed by atoms with van der Waals surface area (Å²) >= 11 is 0. The predicted molar refractivity (Wildman–Crippen MR) is 114 cm³/mol. The lowest BCUT2D eigenvalue weighted by molar-refractivity contribution is -0.130. The topological polar surface area (TPSA) is 50.8 Å². The number of nitrogens with zero attached hydrogens (tertiary/aromatic N) is 1. The molecule has 0 atom stereocenters. The summed E-state index contributed by atoms with van der Waals surface area (Å²) in [6, 6.07) is 16.6. The van der Waals surface area contributed by atoms with E-state index in [0.29, 0.717) is 19.8 Å². The van der Waals surface area contributed by atoms with E-state index in [2.05, 4.69) is 47.5 Å². The third-order valence-electron chi connectivity index (χ3n) is 6.22. The van der Waals surface area contributed by atoms with E-state index >= 15 is 0 Å². The molecule has 0 saturated carbocycles. The number of ether oxygens (including phenoxy) is 2. The highest BCUT2D eigenvalue weighted by Crippen LogP contribution is 2.37.